The number of sulfone groups is 1. The molecule has 3 rings (SSSR count). The van der Waals surface area contributed by atoms with Crippen LogP contribution >= 0.6 is 0 Å². The SMILES string of the molecule is C=CCN(Cc1cnc(S(=O)(=O)Cc2cccc(C)c2)n1C1CCCCC1)C(=O)CC(C)C. The summed E-state index contributed by atoms with van der Waals surface area (Å²) in [6, 6.07) is 7.68. The number of rotatable bonds is 10. The average molecular weight is 472 g/mol. The Kier molecular flexibility index (Phi) is 8.51. The number of nitrogens with zero attached hydrogens (tertiary/aromatic N) is 3. The summed E-state index contributed by atoms with van der Waals surface area (Å²) in [5.41, 5.74) is 2.57. The number of aryl methyl sites for hydroxylation is 1. The summed E-state index contributed by atoms with van der Waals surface area (Å²) in [7, 11) is -3.65. The van der Waals surface area contributed by atoms with Crippen molar-refractivity contribution in [3.63, 3.8) is 0 Å². The molecule has 33 heavy (non-hydrogen) atoms. The average Bonchev–Trinajstić information content (AvgIpc) is 3.18. The highest BCUT2D eigenvalue weighted by Crippen LogP contribution is 2.33. The van der Waals surface area contributed by atoms with E-state index in [1.165, 1.54) is 6.42 Å². The fourth-order valence-corrected chi connectivity index (χ4v) is 6.15. The van der Waals surface area contributed by atoms with Crippen molar-refractivity contribution in [1.29, 1.82) is 0 Å². The molecular formula is C26H37N3O3S. The van der Waals surface area contributed by atoms with Crippen LogP contribution in [0.15, 0.2) is 48.3 Å². The van der Waals surface area contributed by atoms with Crippen LogP contribution in [0.4, 0.5) is 0 Å². The third kappa shape index (κ3) is 6.56. The first-order chi connectivity index (χ1) is 15.7. The zero-order chi connectivity index (χ0) is 24.0. The van der Waals surface area contributed by atoms with Crippen molar-refractivity contribution in [2.75, 3.05) is 6.54 Å². The Morgan fingerprint density at radius 2 is 2.00 bits per heavy atom. The first-order valence-electron chi connectivity index (χ1n) is 11.9. The lowest BCUT2D eigenvalue weighted by atomic mass is 9.95. The Labute approximate surface area is 198 Å². The van der Waals surface area contributed by atoms with E-state index in [1.54, 1.807) is 17.2 Å². The van der Waals surface area contributed by atoms with Crippen LogP contribution in [0.25, 0.3) is 0 Å². The summed E-state index contributed by atoms with van der Waals surface area (Å²) < 4.78 is 28.9. The molecule has 1 heterocycles. The molecule has 6 nitrogen and oxygen atoms in total. The van der Waals surface area contributed by atoms with Crippen molar-refractivity contribution in [2.45, 2.75) is 82.8 Å². The molecule has 180 valence electrons. The van der Waals surface area contributed by atoms with Gasteiger partial charge in [0.1, 0.15) is 0 Å². The fraction of sp³-hybridized carbons (Fsp3) is 0.538. The Hall–Kier alpha value is -2.41. The molecule has 2 aromatic rings. The minimum absolute atomic E-state index is 0.0467. The molecule has 0 unspecified atom stereocenters. The summed E-state index contributed by atoms with van der Waals surface area (Å²) in [4.78, 5) is 19.0. The van der Waals surface area contributed by atoms with Crippen LogP contribution in [0.3, 0.4) is 0 Å². The van der Waals surface area contributed by atoms with Gasteiger partial charge in [-0.1, -0.05) is 69.0 Å². The van der Waals surface area contributed by atoms with E-state index in [4.69, 9.17) is 0 Å². The summed E-state index contributed by atoms with van der Waals surface area (Å²) in [6.45, 7) is 10.6. The third-order valence-electron chi connectivity index (χ3n) is 6.13. The normalized spacial score (nSPS) is 15.0. The second-order valence-corrected chi connectivity index (χ2v) is 11.5. The van der Waals surface area contributed by atoms with Gasteiger partial charge in [0.25, 0.3) is 0 Å². The van der Waals surface area contributed by atoms with Gasteiger partial charge < -0.3 is 9.47 Å². The van der Waals surface area contributed by atoms with Gasteiger partial charge in [-0.05, 0) is 31.2 Å². The molecule has 0 N–H and O–H groups in total. The number of benzene rings is 1. The number of hydrogen-bond donors (Lipinski definition) is 0. The molecule has 0 atom stereocenters. The fourth-order valence-electron chi connectivity index (χ4n) is 4.62. The molecule has 1 aromatic carbocycles. The highest BCUT2D eigenvalue weighted by Gasteiger charge is 2.30. The molecule has 7 heteroatoms. The van der Waals surface area contributed by atoms with Gasteiger partial charge in [0, 0.05) is 19.0 Å². The standard InChI is InChI=1S/C26H37N3O3S/c1-5-14-28(25(30)15-20(2)3)18-24-17-27-26(29(24)23-12-7-6-8-13-23)33(31,32)19-22-11-9-10-21(4)16-22/h5,9-11,16-17,20,23H,1,6-8,12-15,18-19H2,2-4H3. The van der Waals surface area contributed by atoms with Crippen molar-refractivity contribution < 1.29 is 13.2 Å². The van der Waals surface area contributed by atoms with E-state index in [0.717, 1.165) is 42.5 Å². The van der Waals surface area contributed by atoms with Crippen molar-refractivity contribution in [3.8, 4) is 0 Å². The van der Waals surface area contributed by atoms with Gasteiger partial charge in [-0.2, -0.15) is 0 Å². The third-order valence-corrected chi connectivity index (χ3v) is 7.71. The highest BCUT2D eigenvalue weighted by molar-refractivity contribution is 7.90. The van der Waals surface area contributed by atoms with Crippen LogP contribution in [0.2, 0.25) is 0 Å². The number of amides is 1. The molecule has 0 aliphatic heterocycles. The van der Waals surface area contributed by atoms with E-state index in [9.17, 15) is 13.2 Å². The lowest BCUT2D eigenvalue weighted by molar-refractivity contribution is -0.132. The van der Waals surface area contributed by atoms with E-state index in [-0.39, 0.29) is 28.8 Å². The Morgan fingerprint density at radius 1 is 1.27 bits per heavy atom. The second-order valence-electron chi connectivity index (χ2n) is 9.60. The zero-order valence-electron chi connectivity index (χ0n) is 20.2. The molecule has 0 spiro atoms. The van der Waals surface area contributed by atoms with Crippen molar-refractivity contribution in [2.24, 2.45) is 5.92 Å². The summed E-state index contributed by atoms with van der Waals surface area (Å²) in [5.74, 6) is 0.212. The largest absolute Gasteiger partial charge is 0.333 e. The van der Waals surface area contributed by atoms with Crippen molar-refractivity contribution in [1.82, 2.24) is 14.5 Å². The van der Waals surface area contributed by atoms with E-state index in [1.807, 2.05) is 49.6 Å². The molecule has 0 bridgehead atoms. The van der Waals surface area contributed by atoms with E-state index in [0.29, 0.717) is 19.5 Å². The summed E-state index contributed by atoms with van der Waals surface area (Å²) in [5, 5.41) is 0.126. The van der Waals surface area contributed by atoms with E-state index < -0.39 is 9.84 Å². The van der Waals surface area contributed by atoms with Crippen LogP contribution in [0.1, 0.15) is 75.2 Å². The predicted octanol–water partition coefficient (Wildman–Crippen LogP) is 5.23. The second kappa shape index (κ2) is 11.1. The molecule has 1 aromatic heterocycles. The van der Waals surface area contributed by atoms with Crippen LogP contribution in [0.5, 0.6) is 0 Å². The Bertz CT molecular complexity index is 1070. The number of aromatic nitrogens is 2. The van der Waals surface area contributed by atoms with E-state index in [2.05, 4.69) is 11.6 Å². The van der Waals surface area contributed by atoms with Gasteiger partial charge in [0.05, 0.1) is 24.2 Å². The lowest BCUT2D eigenvalue weighted by Crippen LogP contribution is -2.33. The van der Waals surface area contributed by atoms with Crippen LogP contribution < -0.4 is 0 Å². The molecule has 1 amide bonds. The van der Waals surface area contributed by atoms with Crippen LogP contribution in [-0.4, -0.2) is 35.3 Å². The van der Waals surface area contributed by atoms with Gasteiger partial charge in [0.2, 0.25) is 20.9 Å². The molecule has 1 fully saturated rings. The van der Waals surface area contributed by atoms with E-state index >= 15 is 0 Å². The minimum atomic E-state index is -3.65. The molecule has 1 aliphatic rings. The number of carbonyl (C=O) groups is 1. The lowest BCUT2D eigenvalue weighted by Gasteiger charge is -2.29. The highest BCUT2D eigenvalue weighted by atomic mass is 32.2. The zero-order valence-corrected chi connectivity index (χ0v) is 21.0. The smallest absolute Gasteiger partial charge is 0.228 e. The van der Waals surface area contributed by atoms with Gasteiger partial charge in [-0.3, -0.25) is 4.79 Å². The summed E-state index contributed by atoms with van der Waals surface area (Å²) in [6.07, 6.45) is 8.98. The van der Waals surface area contributed by atoms with Gasteiger partial charge in [-0.15, -0.1) is 6.58 Å². The van der Waals surface area contributed by atoms with Gasteiger partial charge in [-0.25, -0.2) is 13.4 Å². The maximum absolute atomic E-state index is 13.5. The van der Waals surface area contributed by atoms with Crippen molar-refractivity contribution in [3.05, 3.63) is 59.9 Å². The Balaban J connectivity index is 1.97. The monoisotopic (exact) mass is 471 g/mol. The van der Waals surface area contributed by atoms with Crippen LogP contribution in [0, 0.1) is 12.8 Å². The molecule has 1 saturated carbocycles. The summed E-state index contributed by atoms with van der Waals surface area (Å²) >= 11 is 0. The first-order valence-corrected chi connectivity index (χ1v) is 13.6. The quantitative estimate of drug-likeness (QED) is 0.445. The number of imidazole rings is 1. The molecule has 1 aliphatic carbocycles. The predicted molar refractivity (Wildman–Crippen MR) is 131 cm³/mol. The topological polar surface area (TPSA) is 72.3 Å². The van der Waals surface area contributed by atoms with Crippen LogP contribution in [-0.2, 0) is 26.9 Å². The molecule has 0 saturated heterocycles. The van der Waals surface area contributed by atoms with Gasteiger partial charge in [0.15, 0.2) is 0 Å². The van der Waals surface area contributed by atoms with Gasteiger partial charge >= 0.3 is 0 Å². The number of carbonyl (C=O) groups excluding carboxylic acids is 1. The minimum Gasteiger partial charge on any atom is -0.333 e. The molecular weight excluding hydrogens is 434 g/mol. The first kappa shape index (κ1) is 25.2. The van der Waals surface area contributed by atoms with Crippen molar-refractivity contribution >= 4 is 15.7 Å². The Morgan fingerprint density at radius 3 is 2.64 bits per heavy atom. The molecule has 0 radical (unpaired) electrons. The maximum Gasteiger partial charge on any atom is 0.228 e. The maximum atomic E-state index is 13.5. The number of hydrogen-bond acceptors (Lipinski definition) is 4.